The van der Waals surface area contributed by atoms with Gasteiger partial charge in [-0.25, -0.2) is 10.1 Å². The molecule has 0 aromatic heterocycles. The number of nitrogens with zero attached hydrogens (tertiary/aromatic N) is 1. The van der Waals surface area contributed by atoms with Crippen LogP contribution >= 0.6 is 0 Å². The predicted molar refractivity (Wildman–Crippen MR) is 60.8 cm³/mol. The molecule has 0 saturated carbocycles. The summed E-state index contributed by atoms with van der Waals surface area (Å²) in [5.74, 6) is 0.952. The predicted octanol–water partition coefficient (Wildman–Crippen LogP) is -2.73. The van der Waals surface area contributed by atoms with E-state index in [0.29, 0.717) is 6.54 Å². The smallest absolute Gasteiger partial charge is 0.334 e. The van der Waals surface area contributed by atoms with E-state index in [0.717, 1.165) is 29.2 Å². The van der Waals surface area contributed by atoms with Crippen LogP contribution in [0.3, 0.4) is 0 Å². The van der Waals surface area contributed by atoms with Crippen molar-refractivity contribution in [2.75, 3.05) is 25.1 Å². The molecule has 0 spiro atoms. The van der Waals surface area contributed by atoms with Crippen molar-refractivity contribution in [2.45, 2.75) is 0 Å². The van der Waals surface area contributed by atoms with Crippen LogP contribution in [0.2, 0.25) is 0 Å². The SMILES string of the molecule is COc1cc2c3c(c1)[NH2+]C(=O)CN3CC=C2.[Br-]. The molecule has 0 fully saturated rings. The molecule has 0 unspecified atom stereocenters. The number of benzene rings is 1. The first-order valence-electron chi connectivity index (χ1n) is 5.29. The average molecular weight is 297 g/mol. The molecule has 0 saturated heterocycles. The van der Waals surface area contributed by atoms with Crippen molar-refractivity contribution in [3.05, 3.63) is 23.8 Å². The van der Waals surface area contributed by atoms with Crippen LogP contribution in [0.4, 0.5) is 11.4 Å². The van der Waals surface area contributed by atoms with Gasteiger partial charge in [-0.1, -0.05) is 12.2 Å². The standard InChI is InChI=1S/C12H12N2O2.BrH/c1-16-9-5-8-3-2-4-14-7-11(15)13-10(6-9)12(8)14;/h2-3,5-6H,4,7H2,1H3,(H,13,15);1H. The van der Waals surface area contributed by atoms with Crippen LogP contribution in [-0.4, -0.2) is 26.1 Å². The van der Waals surface area contributed by atoms with Gasteiger partial charge in [-0.15, -0.1) is 0 Å². The van der Waals surface area contributed by atoms with E-state index in [1.54, 1.807) is 12.4 Å². The lowest BCUT2D eigenvalue weighted by atomic mass is 10.0. The monoisotopic (exact) mass is 296 g/mol. The summed E-state index contributed by atoms with van der Waals surface area (Å²) in [5.41, 5.74) is 3.25. The highest BCUT2D eigenvalue weighted by Gasteiger charge is 2.30. The molecule has 5 heteroatoms. The second kappa shape index (κ2) is 4.50. The fraction of sp³-hybridized carbons (Fsp3) is 0.250. The van der Waals surface area contributed by atoms with Crippen molar-refractivity contribution in [1.82, 2.24) is 0 Å². The summed E-state index contributed by atoms with van der Waals surface area (Å²) in [6, 6.07) is 3.92. The number of primary amides is 1. The van der Waals surface area contributed by atoms with E-state index in [1.165, 1.54) is 0 Å². The van der Waals surface area contributed by atoms with Crippen molar-refractivity contribution in [3.8, 4) is 5.75 Å². The molecule has 1 amide bonds. The van der Waals surface area contributed by atoms with Gasteiger partial charge in [-0.2, -0.15) is 0 Å². The maximum atomic E-state index is 11.6. The van der Waals surface area contributed by atoms with Gasteiger partial charge in [0.1, 0.15) is 18.0 Å². The molecule has 2 aliphatic rings. The minimum Gasteiger partial charge on any atom is -1.00 e. The molecule has 0 atom stereocenters. The number of rotatable bonds is 1. The van der Waals surface area contributed by atoms with Crippen molar-refractivity contribution in [1.29, 1.82) is 0 Å². The maximum absolute atomic E-state index is 11.6. The van der Waals surface area contributed by atoms with Gasteiger partial charge in [-0.3, -0.25) is 0 Å². The largest absolute Gasteiger partial charge is 1.00 e. The molecular weight excluding hydrogens is 284 g/mol. The first-order chi connectivity index (χ1) is 7.78. The molecule has 3 rings (SSSR count). The zero-order valence-electron chi connectivity index (χ0n) is 9.44. The molecule has 1 aromatic rings. The number of amides is 1. The molecule has 2 aliphatic heterocycles. The Morgan fingerprint density at radius 1 is 1.41 bits per heavy atom. The molecule has 0 aliphatic carbocycles. The van der Waals surface area contributed by atoms with E-state index in [-0.39, 0.29) is 22.9 Å². The Kier molecular flexibility index (Phi) is 3.22. The van der Waals surface area contributed by atoms with Gasteiger partial charge in [-0.05, 0) is 6.07 Å². The van der Waals surface area contributed by atoms with E-state index >= 15 is 0 Å². The van der Waals surface area contributed by atoms with Gasteiger partial charge in [0.25, 0.3) is 0 Å². The van der Waals surface area contributed by atoms with Gasteiger partial charge in [0.2, 0.25) is 0 Å². The quantitative estimate of drug-likeness (QED) is 0.573. The number of quaternary nitrogens is 1. The van der Waals surface area contributed by atoms with Crippen LogP contribution in [0.15, 0.2) is 18.2 Å². The van der Waals surface area contributed by atoms with Gasteiger partial charge >= 0.3 is 5.91 Å². The Bertz CT molecular complexity index is 500. The number of hydrogen-bond acceptors (Lipinski definition) is 3. The number of methoxy groups -OCH3 is 1. The third-order valence-electron chi connectivity index (χ3n) is 2.98. The van der Waals surface area contributed by atoms with Gasteiger partial charge in [0.15, 0.2) is 5.69 Å². The molecule has 0 radical (unpaired) electrons. The fourth-order valence-corrected chi connectivity index (χ4v) is 2.32. The number of halogens is 1. The molecule has 17 heavy (non-hydrogen) atoms. The van der Waals surface area contributed by atoms with Gasteiger partial charge < -0.3 is 26.6 Å². The van der Waals surface area contributed by atoms with Crippen LogP contribution < -0.4 is 31.9 Å². The second-order valence-corrected chi connectivity index (χ2v) is 4.05. The lowest BCUT2D eigenvalue weighted by molar-refractivity contribution is -0.483. The van der Waals surface area contributed by atoms with E-state index in [4.69, 9.17) is 4.74 Å². The summed E-state index contributed by atoms with van der Waals surface area (Å²) in [4.78, 5) is 13.7. The number of carbonyl (C=O) groups excluding carboxylic acids is 1. The van der Waals surface area contributed by atoms with E-state index in [1.807, 2.05) is 12.1 Å². The number of carbonyl (C=O) groups is 1. The third kappa shape index (κ3) is 1.96. The Morgan fingerprint density at radius 3 is 3.00 bits per heavy atom. The Labute approximate surface area is 110 Å². The van der Waals surface area contributed by atoms with Crippen LogP contribution in [0.5, 0.6) is 5.75 Å². The number of anilines is 1. The first-order valence-corrected chi connectivity index (χ1v) is 5.29. The van der Waals surface area contributed by atoms with Gasteiger partial charge in [0, 0.05) is 18.2 Å². The van der Waals surface area contributed by atoms with Crippen LogP contribution in [0.1, 0.15) is 5.56 Å². The van der Waals surface area contributed by atoms with Crippen molar-refractivity contribution in [2.24, 2.45) is 0 Å². The summed E-state index contributed by atoms with van der Waals surface area (Å²) in [5, 5.41) is 1.71. The molecule has 2 N–H and O–H groups in total. The van der Waals surface area contributed by atoms with Crippen LogP contribution in [0, 0.1) is 0 Å². The molecular formula is C12H13BrN2O2. The summed E-state index contributed by atoms with van der Waals surface area (Å²) < 4.78 is 5.23. The van der Waals surface area contributed by atoms with Gasteiger partial charge in [0.05, 0.1) is 7.11 Å². The minimum atomic E-state index is 0. The molecule has 4 nitrogen and oxygen atoms in total. The van der Waals surface area contributed by atoms with Crippen molar-refractivity contribution >= 4 is 23.4 Å². The lowest BCUT2D eigenvalue weighted by Crippen LogP contribution is -3.00. The lowest BCUT2D eigenvalue weighted by Gasteiger charge is -2.30. The molecule has 0 bridgehead atoms. The van der Waals surface area contributed by atoms with Crippen LogP contribution in [-0.2, 0) is 4.79 Å². The summed E-state index contributed by atoms with van der Waals surface area (Å²) >= 11 is 0. The zero-order chi connectivity index (χ0) is 11.1. The Balaban J connectivity index is 0.00000108. The summed E-state index contributed by atoms with van der Waals surface area (Å²) in [7, 11) is 1.64. The fourth-order valence-electron chi connectivity index (χ4n) is 2.32. The topological polar surface area (TPSA) is 46.1 Å². The zero-order valence-corrected chi connectivity index (χ0v) is 11.0. The van der Waals surface area contributed by atoms with E-state index < -0.39 is 0 Å². The van der Waals surface area contributed by atoms with Crippen molar-refractivity contribution < 1.29 is 31.8 Å². The average Bonchev–Trinajstić information content (AvgIpc) is 2.28. The highest BCUT2D eigenvalue weighted by Crippen LogP contribution is 2.36. The Hall–Kier alpha value is -1.33. The van der Waals surface area contributed by atoms with Crippen LogP contribution in [0.25, 0.3) is 6.08 Å². The van der Waals surface area contributed by atoms with E-state index in [2.05, 4.69) is 17.1 Å². The molecule has 90 valence electrons. The second-order valence-electron chi connectivity index (χ2n) is 4.05. The minimum absolute atomic E-state index is 0. The third-order valence-corrected chi connectivity index (χ3v) is 2.98. The highest BCUT2D eigenvalue weighted by molar-refractivity contribution is 5.89. The molecule has 1 aromatic carbocycles. The number of nitrogens with two attached hydrogens (primary N) is 1. The highest BCUT2D eigenvalue weighted by atomic mass is 79.9. The summed E-state index contributed by atoms with van der Waals surface area (Å²) in [6.45, 7) is 1.29. The normalized spacial score (nSPS) is 16.3. The molecule has 2 heterocycles. The Morgan fingerprint density at radius 2 is 2.24 bits per heavy atom. The number of hydrogen-bond donors (Lipinski definition) is 1. The van der Waals surface area contributed by atoms with E-state index in [9.17, 15) is 4.79 Å². The maximum Gasteiger partial charge on any atom is 0.334 e. The van der Waals surface area contributed by atoms with Crippen molar-refractivity contribution in [3.63, 3.8) is 0 Å². The summed E-state index contributed by atoms with van der Waals surface area (Å²) in [6.07, 6.45) is 4.16. The number of ether oxygens (including phenoxy) is 1. The first kappa shape index (κ1) is 12.1.